The molecule has 0 saturated heterocycles. The monoisotopic (exact) mass is 113 g/mol. The summed E-state index contributed by atoms with van der Waals surface area (Å²) < 4.78 is 0. The molecular weight excluding hydrogens is 106 g/mol. The molecule has 0 aliphatic carbocycles. The van der Waals surface area contributed by atoms with Crippen molar-refractivity contribution in [3.8, 4) is 0 Å². The van der Waals surface area contributed by atoms with Gasteiger partial charge in [-0.15, -0.1) is 0 Å². The van der Waals surface area contributed by atoms with E-state index in [2.05, 4.69) is 5.10 Å². The van der Waals surface area contributed by atoms with Crippen molar-refractivity contribution in [3.05, 3.63) is 18.0 Å². The molecular formula is C4H7N3O. The predicted octanol–water partition coefficient (Wildman–Crippen LogP) is -0.911. The van der Waals surface area contributed by atoms with Crippen molar-refractivity contribution in [1.29, 1.82) is 0 Å². The van der Waals surface area contributed by atoms with Crippen LogP contribution in [0.15, 0.2) is 12.3 Å². The first kappa shape index (κ1) is 5.11. The van der Waals surface area contributed by atoms with Crippen molar-refractivity contribution >= 4 is 0 Å². The van der Waals surface area contributed by atoms with Gasteiger partial charge in [0.1, 0.15) is 0 Å². The van der Waals surface area contributed by atoms with Gasteiger partial charge in [0, 0.05) is 0 Å². The summed E-state index contributed by atoms with van der Waals surface area (Å²) in [5.74, 6) is 5.20. The lowest BCUT2D eigenvalue weighted by molar-refractivity contribution is 0.272. The molecule has 8 heavy (non-hydrogen) atoms. The van der Waals surface area contributed by atoms with Gasteiger partial charge < -0.3 is 10.9 Å². The van der Waals surface area contributed by atoms with Crippen molar-refractivity contribution < 1.29 is 5.11 Å². The Kier molecular flexibility index (Phi) is 1.17. The number of aliphatic hydroxyl groups excluding tert-OH is 1. The van der Waals surface area contributed by atoms with Crippen molar-refractivity contribution in [3.63, 3.8) is 0 Å². The van der Waals surface area contributed by atoms with Gasteiger partial charge in [-0.05, 0) is 6.07 Å². The molecule has 0 unspecified atom stereocenters. The van der Waals surface area contributed by atoms with E-state index in [9.17, 15) is 0 Å². The first-order chi connectivity index (χ1) is 3.84. The summed E-state index contributed by atoms with van der Waals surface area (Å²) in [5.41, 5.74) is 0.616. The molecule has 4 nitrogen and oxygen atoms in total. The summed E-state index contributed by atoms with van der Waals surface area (Å²) >= 11 is 0. The summed E-state index contributed by atoms with van der Waals surface area (Å²) in [6, 6.07) is 1.65. The molecule has 44 valence electrons. The van der Waals surface area contributed by atoms with Gasteiger partial charge in [0.2, 0.25) is 0 Å². The summed E-state index contributed by atoms with van der Waals surface area (Å²) in [6.07, 6.45) is 1.53. The highest BCUT2D eigenvalue weighted by Crippen LogP contribution is 1.90. The molecule has 0 aromatic carbocycles. The van der Waals surface area contributed by atoms with Gasteiger partial charge in [-0.1, -0.05) is 0 Å². The molecule has 1 rings (SSSR count). The Morgan fingerprint density at radius 2 is 2.62 bits per heavy atom. The number of hydrogen-bond acceptors (Lipinski definition) is 3. The predicted molar refractivity (Wildman–Crippen MR) is 28.3 cm³/mol. The number of aromatic nitrogens is 2. The van der Waals surface area contributed by atoms with Crippen molar-refractivity contribution in [1.82, 2.24) is 9.89 Å². The van der Waals surface area contributed by atoms with E-state index in [1.807, 2.05) is 0 Å². The molecule has 0 saturated carbocycles. The second-order valence-electron chi connectivity index (χ2n) is 1.43. The highest BCUT2D eigenvalue weighted by atomic mass is 16.3. The minimum Gasteiger partial charge on any atom is -0.390 e. The first-order valence-corrected chi connectivity index (χ1v) is 2.23. The van der Waals surface area contributed by atoms with Crippen molar-refractivity contribution in [2.45, 2.75) is 6.61 Å². The van der Waals surface area contributed by atoms with Crippen LogP contribution in [0.25, 0.3) is 0 Å². The Labute approximate surface area is 46.5 Å². The van der Waals surface area contributed by atoms with Crippen LogP contribution in [0.5, 0.6) is 0 Å². The lowest BCUT2D eigenvalue weighted by atomic mass is 10.5. The molecule has 1 aromatic heterocycles. The van der Waals surface area contributed by atoms with E-state index in [1.165, 1.54) is 6.20 Å². The van der Waals surface area contributed by atoms with Crippen LogP contribution in [0.2, 0.25) is 0 Å². The fourth-order valence-electron chi connectivity index (χ4n) is 0.467. The summed E-state index contributed by atoms with van der Waals surface area (Å²) in [4.78, 5) is 1.14. The smallest absolute Gasteiger partial charge is 0.0871 e. The Balaban J connectivity index is 2.92. The average molecular weight is 113 g/mol. The van der Waals surface area contributed by atoms with Gasteiger partial charge >= 0.3 is 0 Å². The van der Waals surface area contributed by atoms with Crippen LogP contribution in [0.4, 0.5) is 0 Å². The molecule has 1 heterocycles. The second-order valence-corrected chi connectivity index (χ2v) is 1.43. The molecule has 0 bridgehead atoms. The fourth-order valence-corrected chi connectivity index (χ4v) is 0.467. The van der Waals surface area contributed by atoms with Gasteiger partial charge in [0.05, 0.1) is 18.5 Å². The quantitative estimate of drug-likeness (QED) is 0.463. The van der Waals surface area contributed by atoms with E-state index in [0.717, 1.165) is 4.79 Å². The average Bonchev–Trinajstić information content (AvgIpc) is 2.14. The van der Waals surface area contributed by atoms with Crippen LogP contribution in [0.3, 0.4) is 0 Å². The molecule has 3 N–H and O–H groups in total. The second kappa shape index (κ2) is 1.83. The zero-order valence-electron chi connectivity index (χ0n) is 4.28. The van der Waals surface area contributed by atoms with E-state index >= 15 is 0 Å². The third-order valence-corrected chi connectivity index (χ3v) is 0.914. The van der Waals surface area contributed by atoms with Crippen molar-refractivity contribution in [2.24, 2.45) is 0 Å². The number of nitrogen functional groups attached to an aromatic ring is 1. The SMILES string of the molecule is Nn1nccc1CO. The third kappa shape index (κ3) is 0.651. The summed E-state index contributed by atoms with van der Waals surface area (Å²) in [5, 5.41) is 12.1. The van der Waals surface area contributed by atoms with E-state index < -0.39 is 0 Å². The van der Waals surface area contributed by atoms with Crippen LogP contribution in [0.1, 0.15) is 5.69 Å². The fraction of sp³-hybridized carbons (Fsp3) is 0.250. The van der Waals surface area contributed by atoms with E-state index in [1.54, 1.807) is 6.07 Å². The van der Waals surface area contributed by atoms with Crippen LogP contribution in [0, 0.1) is 0 Å². The lowest BCUT2D eigenvalue weighted by Gasteiger charge is -1.92. The summed E-state index contributed by atoms with van der Waals surface area (Å²) in [6.45, 7) is -0.0590. The Morgan fingerprint density at radius 3 is 2.88 bits per heavy atom. The maximum atomic E-state index is 8.47. The van der Waals surface area contributed by atoms with Crippen LogP contribution in [-0.4, -0.2) is 15.0 Å². The number of rotatable bonds is 1. The Hall–Kier alpha value is -1.03. The van der Waals surface area contributed by atoms with E-state index in [4.69, 9.17) is 10.9 Å². The molecule has 4 heteroatoms. The Morgan fingerprint density at radius 1 is 1.88 bits per heavy atom. The van der Waals surface area contributed by atoms with Crippen molar-refractivity contribution in [2.75, 3.05) is 5.84 Å². The standard InChI is InChI=1S/C4H7N3O/c5-7-4(3-8)1-2-6-7/h1-2,8H,3,5H2. The van der Waals surface area contributed by atoms with Crippen LogP contribution < -0.4 is 5.84 Å². The number of aliphatic hydroxyl groups is 1. The number of hydrogen-bond donors (Lipinski definition) is 2. The topological polar surface area (TPSA) is 64.1 Å². The van der Waals surface area contributed by atoms with Crippen LogP contribution in [-0.2, 0) is 6.61 Å². The molecule has 1 aromatic rings. The zero-order valence-corrected chi connectivity index (χ0v) is 4.28. The molecule has 0 atom stereocenters. The van der Waals surface area contributed by atoms with Gasteiger partial charge in [-0.2, -0.15) is 9.89 Å². The minimum absolute atomic E-state index is 0.0590. The van der Waals surface area contributed by atoms with Gasteiger partial charge in [0.15, 0.2) is 0 Å². The van der Waals surface area contributed by atoms with Crippen LogP contribution >= 0.6 is 0 Å². The van der Waals surface area contributed by atoms with Gasteiger partial charge in [-0.25, -0.2) is 0 Å². The maximum Gasteiger partial charge on any atom is 0.0871 e. The summed E-state index contributed by atoms with van der Waals surface area (Å²) in [7, 11) is 0. The Bertz CT molecular complexity index is 172. The molecule has 0 fully saturated rings. The number of nitrogens with zero attached hydrogens (tertiary/aromatic N) is 2. The van der Waals surface area contributed by atoms with Gasteiger partial charge in [0.25, 0.3) is 0 Å². The lowest BCUT2D eigenvalue weighted by Crippen LogP contribution is -2.13. The normalized spacial score (nSPS) is 9.62. The molecule has 0 amide bonds. The zero-order chi connectivity index (χ0) is 5.98. The first-order valence-electron chi connectivity index (χ1n) is 2.23. The van der Waals surface area contributed by atoms with E-state index in [-0.39, 0.29) is 6.61 Å². The molecule has 0 aliphatic rings. The minimum atomic E-state index is -0.0590. The third-order valence-electron chi connectivity index (χ3n) is 0.914. The largest absolute Gasteiger partial charge is 0.390 e. The molecule has 0 aliphatic heterocycles. The molecule has 0 radical (unpaired) electrons. The van der Waals surface area contributed by atoms with Gasteiger partial charge in [-0.3, -0.25) is 0 Å². The number of nitrogens with two attached hydrogens (primary N) is 1. The highest BCUT2D eigenvalue weighted by molar-refractivity contribution is 4.97. The maximum absolute atomic E-state index is 8.47. The molecule has 0 spiro atoms. The van der Waals surface area contributed by atoms with E-state index in [0.29, 0.717) is 5.69 Å². The highest BCUT2D eigenvalue weighted by Gasteiger charge is 1.92.